The van der Waals surface area contributed by atoms with E-state index in [-0.39, 0.29) is 28.0 Å². The zero-order valence-electron chi connectivity index (χ0n) is 18.4. The van der Waals surface area contributed by atoms with E-state index in [9.17, 15) is 23.1 Å². The van der Waals surface area contributed by atoms with Crippen molar-refractivity contribution in [2.75, 3.05) is 29.3 Å². The van der Waals surface area contributed by atoms with Crippen molar-refractivity contribution in [2.45, 2.75) is 38.5 Å². The first kappa shape index (κ1) is 23.6. The van der Waals surface area contributed by atoms with Gasteiger partial charge in [0.25, 0.3) is 10.0 Å². The fourth-order valence-electron chi connectivity index (χ4n) is 4.01. The minimum atomic E-state index is -3.88. The highest BCUT2D eigenvalue weighted by Crippen LogP contribution is 2.30. The number of aromatic carboxylic acids is 1. The van der Waals surface area contributed by atoms with Crippen LogP contribution in [0.4, 0.5) is 11.4 Å². The van der Waals surface area contributed by atoms with Gasteiger partial charge >= 0.3 is 11.9 Å². The van der Waals surface area contributed by atoms with Gasteiger partial charge in [-0.05, 0) is 63.4 Å². The van der Waals surface area contributed by atoms with E-state index in [0.29, 0.717) is 37.4 Å². The molecule has 1 aliphatic heterocycles. The number of rotatable bonds is 7. The molecule has 2 aromatic carbocycles. The Hall–Kier alpha value is -3.07. The number of sulfonamides is 1. The summed E-state index contributed by atoms with van der Waals surface area (Å²) >= 11 is 0. The number of benzene rings is 2. The maximum atomic E-state index is 12.9. The van der Waals surface area contributed by atoms with Crippen LogP contribution < -0.4 is 9.62 Å². The topological polar surface area (TPSA) is 113 Å². The summed E-state index contributed by atoms with van der Waals surface area (Å²) in [6.45, 7) is 6.59. The van der Waals surface area contributed by atoms with Crippen LogP contribution in [-0.4, -0.2) is 45.2 Å². The van der Waals surface area contributed by atoms with Gasteiger partial charge in [-0.25, -0.2) is 13.2 Å². The van der Waals surface area contributed by atoms with Crippen molar-refractivity contribution < 1.29 is 27.9 Å². The molecule has 1 heterocycles. The molecule has 2 N–H and O–H groups in total. The van der Waals surface area contributed by atoms with Gasteiger partial charge in [0.05, 0.1) is 28.7 Å². The fraction of sp³-hybridized carbons (Fsp3) is 0.391. The number of carbonyl (C=O) groups is 2. The number of carbonyl (C=O) groups excluding carboxylic acids is 1. The molecule has 172 valence electrons. The number of hydrogen-bond acceptors (Lipinski definition) is 6. The van der Waals surface area contributed by atoms with E-state index in [2.05, 4.69) is 4.72 Å². The zero-order chi connectivity index (χ0) is 23.5. The van der Waals surface area contributed by atoms with Gasteiger partial charge in [0.2, 0.25) is 0 Å². The van der Waals surface area contributed by atoms with Crippen molar-refractivity contribution in [3.63, 3.8) is 0 Å². The van der Waals surface area contributed by atoms with E-state index in [4.69, 9.17) is 4.74 Å². The van der Waals surface area contributed by atoms with Crippen molar-refractivity contribution in [1.29, 1.82) is 0 Å². The van der Waals surface area contributed by atoms with Crippen LogP contribution in [0.25, 0.3) is 0 Å². The van der Waals surface area contributed by atoms with Gasteiger partial charge < -0.3 is 14.7 Å². The highest BCUT2D eigenvalue weighted by molar-refractivity contribution is 7.92. The van der Waals surface area contributed by atoms with Crippen molar-refractivity contribution >= 4 is 33.3 Å². The summed E-state index contributed by atoms with van der Waals surface area (Å²) in [5, 5.41) is 9.77. The quantitative estimate of drug-likeness (QED) is 0.607. The Morgan fingerprint density at radius 1 is 1.19 bits per heavy atom. The number of aryl methyl sites for hydroxylation is 2. The molecule has 1 atom stereocenters. The molecule has 0 aromatic heterocycles. The number of ether oxygens (including phenoxy) is 1. The molecule has 32 heavy (non-hydrogen) atoms. The first-order chi connectivity index (χ1) is 15.1. The Labute approximate surface area is 188 Å². The minimum absolute atomic E-state index is 0.0321. The fourth-order valence-corrected chi connectivity index (χ4v) is 5.28. The van der Waals surface area contributed by atoms with Crippen LogP contribution >= 0.6 is 0 Å². The number of anilines is 2. The normalized spacial score (nSPS) is 16.5. The van der Waals surface area contributed by atoms with Gasteiger partial charge in [0.1, 0.15) is 0 Å². The molecule has 0 saturated carbocycles. The second-order valence-electron chi connectivity index (χ2n) is 7.95. The van der Waals surface area contributed by atoms with E-state index in [0.717, 1.165) is 12.0 Å². The largest absolute Gasteiger partial charge is 0.478 e. The van der Waals surface area contributed by atoms with Crippen LogP contribution in [0.15, 0.2) is 41.3 Å². The predicted molar refractivity (Wildman–Crippen MR) is 122 cm³/mol. The Balaban J connectivity index is 1.88. The van der Waals surface area contributed by atoms with Gasteiger partial charge in [-0.15, -0.1) is 0 Å². The van der Waals surface area contributed by atoms with Crippen LogP contribution in [0.3, 0.4) is 0 Å². The van der Waals surface area contributed by atoms with Crippen molar-refractivity contribution in [1.82, 2.24) is 0 Å². The monoisotopic (exact) mass is 460 g/mol. The molecule has 9 heteroatoms. The molecule has 0 amide bonds. The minimum Gasteiger partial charge on any atom is -0.478 e. The van der Waals surface area contributed by atoms with Gasteiger partial charge in [-0.3, -0.25) is 9.52 Å². The Morgan fingerprint density at radius 3 is 2.59 bits per heavy atom. The molecule has 3 rings (SSSR count). The van der Waals surface area contributed by atoms with Crippen molar-refractivity contribution in [3.8, 4) is 0 Å². The maximum absolute atomic E-state index is 12.9. The molecule has 0 spiro atoms. The summed E-state index contributed by atoms with van der Waals surface area (Å²) in [4.78, 5) is 26.1. The first-order valence-corrected chi connectivity index (χ1v) is 12.0. The summed E-state index contributed by atoms with van der Waals surface area (Å²) in [6.07, 6.45) is 1.41. The lowest BCUT2D eigenvalue weighted by Crippen LogP contribution is -2.40. The molecule has 1 fully saturated rings. The summed E-state index contributed by atoms with van der Waals surface area (Å²) in [5.41, 5.74) is 2.12. The third-order valence-corrected chi connectivity index (χ3v) is 7.02. The second kappa shape index (κ2) is 9.60. The second-order valence-corrected chi connectivity index (χ2v) is 9.60. The molecule has 0 radical (unpaired) electrons. The van der Waals surface area contributed by atoms with Crippen LogP contribution in [-0.2, 0) is 19.6 Å². The van der Waals surface area contributed by atoms with E-state index in [1.807, 2.05) is 11.8 Å². The zero-order valence-corrected chi connectivity index (χ0v) is 19.2. The van der Waals surface area contributed by atoms with E-state index in [1.54, 1.807) is 32.0 Å². The van der Waals surface area contributed by atoms with E-state index >= 15 is 0 Å². The first-order valence-electron chi connectivity index (χ1n) is 10.5. The Morgan fingerprint density at radius 2 is 1.94 bits per heavy atom. The van der Waals surface area contributed by atoms with Gasteiger partial charge in [-0.2, -0.15) is 0 Å². The van der Waals surface area contributed by atoms with E-state index < -0.39 is 16.0 Å². The molecule has 0 bridgehead atoms. The number of esters is 1. The van der Waals surface area contributed by atoms with Crippen molar-refractivity contribution in [3.05, 3.63) is 53.1 Å². The lowest BCUT2D eigenvalue weighted by Gasteiger charge is -2.34. The number of nitrogens with zero attached hydrogens (tertiary/aromatic N) is 1. The summed E-state index contributed by atoms with van der Waals surface area (Å²) in [7, 11) is -3.88. The number of piperidine rings is 1. The number of carboxylic acids is 1. The molecule has 1 saturated heterocycles. The highest BCUT2D eigenvalue weighted by atomic mass is 32.2. The summed E-state index contributed by atoms with van der Waals surface area (Å²) < 4.78 is 33.3. The smallest absolute Gasteiger partial charge is 0.337 e. The maximum Gasteiger partial charge on any atom is 0.337 e. The molecule has 0 aliphatic carbocycles. The molecule has 1 unspecified atom stereocenters. The third-order valence-electron chi connectivity index (χ3n) is 5.48. The molecular formula is C23H28N2O6S. The average molecular weight is 461 g/mol. The molecular weight excluding hydrogens is 432 g/mol. The average Bonchev–Trinajstić information content (AvgIpc) is 2.73. The van der Waals surface area contributed by atoms with Crippen LogP contribution in [0, 0.1) is 19.8 Å². The van der Waals surface area contributed by atoms with Gasteiger partial charge in [0.15, 0.2) is 0 Å². The Bertz CT molecular complexity index is 1130. The van der Waals surface area contributed by atoms with E-state index in [1.165, 1.54) is 18.2 Å². The number of carboxylic acid groups (broad SMARTS) is 1. The summed E-state index contributed by atoms with van der Waals surface area (Å²) in [6, 6.07) is 9.45. The van der Waals surface area contributed by atoms with Gasteiger partial charge in [-0.1, -0.05) is 17.7 Å². The SMILES string of the molecule is CCOC(=O)C1CCCN(c2ccc(NS(=O)(=O)c3ccc(C)cc3C)cc2C(=O)O)C1. The van der Waals surface area contributed by atoms with Gasteiger partial charge in [0, 0.05) is 18.8 Å². The Kier molecular flexibility index (Phi) is 7.08. The predicted octanol–water partition coefficient (Wildman–Crippen LogP) is 3.58. The molecule has 8 nitrogen and oxygen atoms in total. The van der Waals surface area contributed by atoms with Crippen LogP contribution in [0.5, 0.6) is 0 Å². The molecule has 2 aromatic rings. The third kappa shape index (κ3) is 5.21. The standard InChI is InChI=1S/C23H28N2O6S/c1-4-31-23(28)17-6-5-11-25(14-17)20-9-8-18(13-19(20)22(26)27)24-32(29,30)21-10-7-15(2)12-16(21)3/h7-10,12-13,17,24H,4-6,11,14H2,1-3H3,(H,26,27). The van der Waals surface area contributed by atoms with Crippen LogP contribution in [0.1, 0.15) is 41.3 Å². The lowest BCUT2D eigenvalue weighted by molar-refractivity contribution is -0.148. The van der Waals surface area contributed by atoms with Crippen molar-refractivity contribution in [2.24, 2.45) is 5.92 Å². The van der Waals surface area contributed by atoms with Crippen LogP contribution in [0.2, 0.25) is 0 Å². The number of nitrogens with one attached hydrogen (secondary N) is 1. The highest BCUT2D eigenvalue weighted by Gasteiger charge is 2.29. The molecule has 1 aliphatic rings. The number of hydrogen-bond donors (Lipinski definition) is 2. The summed E-state index contributed by atoms with van der Waals surface area (Å²) in [5.74, 6) is -1.79. The lowest BCUT2D eigenvalue weighted by atomic mass is 9.97.